The van der Waals surface area contributed by atoms with Gasteiger partial charge in [0.05, 0.1) is 17.7 Å². The summed E-state index contributed by atoms with van der Waals surface area (Å²) in [5.41, 5.74) is 10.8. The second kappa shape index (κ2) is 10.9. The van der Waals surface area contributed by atoms with Crippen molar-refractivity contribution >= 4 is 28.3 Å². The van der Waals surface area contributed by atoms with Gasteiger partial charge in [0.25, 0.3) is 0 Å². The molecule has 3 aromatic heterocycles. The Kier molecular flexibility index (Phi) is 7.16. The smallest absolute Gasteiger partial charge is 0.247 e. The fraction of sp³-hybridized carbons (Fsp3) is 0.265. The first kappa shape index (κ1) is 27.5. The molecule has 2 N–H and O–H groups in total. The zero-order valence-electron chi connectivity index (χ0n) is 24.9. The quantitative estimate of drug-likeness (QED) is 0.226. The normalized spacial score (nSPS) is 15.7. The highest BCUT2D eigenvalue weighted by molar-refractivity contribution is 6.07. The minimum Gasteiger partial charge on any atom is -0.369 e. The largest absolute Gasteiger partial charge is 0.369 e. The first-order valence-corrected chi connectivity index (χ1v) is 14.3. The van der Waals surface area contributed by atoms with Crippen LogP contribution in [0, 0.1) is 13.8 Å². The van der Waals surface area contributed by atoms with Crippen molar-refractivity contribution in [1.29, 1.82) is 0 Å². The SMILES string of the molecule is C=CC(=O)Nc1cc(-c2c(-c3ccc(N4CCN(C)[C@H](C)C4)cc3)[nH]c3ncc(-c4cn(C)cn4)c(C)c23)ccc1C.[HH].[HH]. The summed E-state index contributed by atoms with van der Waals surface area (Å²) in [6.45, 7) is 13.1. The van der Waals surface area contributed by atoms with E-state index in [1.54, 1.807) is 6.33 Å². The molecule has 0 bridgehead atoms. The van der Waals surface area contributed by atoms with Crippen LogP contribution in [0.15, 0.2) is 73.8 Å². The third-order valence-corrected chi connectivity index (χ3v) is 8.51. The van der Waals surface area contributed by atoms with Crippen LogP contribution in [0.5, 0.6) is 0 Å². The number of carbonyl (C=O) groups is 1. The van der Waals surface area contributed by atoms with Gasteiger partial charge in [-0.1, -0.05) is 30.8 Å². The lowest BCUT2D eigenvalue weighted by molar-refractivity contribution is -0.111. The number of amides is 1. The van der Waals surface area contributed by atoms with Crippen LogP contribution in [0.3, 0.4) is 0 Å². The molecule has 0 aliphatic carbocycles. The zero-order chi connectivity index (χ0) is 29.5. The van der Waals surface area contributed by atoms with Gasteiger partial charge in [0, 0.05) is 75.9 Å². The molecular weight excluding hydrogens is 522 g/mol. The summed E-state index contributed by atoms with van der Waals surface area (Å²) in [4.78, 5) is 30.2. The molecule has 1 fully saturated rings. The molecule has 0 saturated carbocycles. The van der Waals surface area contributed by atoms with Gasteiger partial charge >= 0.3 is 0 Å². The third-order valence-electron chi connectivity index (χ3n) is 8.51. The van der Waals surface area contributed by atoms with Crippen LogP contribution < -0.4 is 10.2 Å². The number of aromatic amines is 1. The van der Waals surface area contributed by atoms with Crippen molar-refractivity contribution in [3.05, 3.63) is 85.0 Å². The first-order chi connectivity index (χ1) is 20.2. The average Bonchev–Trinajstić information content (AvgIpc) is 3.60. The van der Waals surface area contributed by atoms with E-state index in [9.17, 15) is 4.79 Å². The van der Waals surface area contributed by atoms with E-state index in [-0.39, 0.29) is 8.76 Å². The Morgan fingerprint density at radius 2 is 1.86 bits per heavy atom. The van der Waals surface area contributed by atoms with Crippen LogP contribution in [0.25, 0.3) is 44.7 Å². The molecule has 2 aromatic carbocycles. The van der Waals surface area contributed by atoms with E-state index in [1.807, 2.05) is 43.1 Å². The standard InChI is InChI=1S/C34H37N7O.2H2/c1-7-30(42)37-28-16-25(9-8-21(28)2)32-31-23(4)27(29-19-39(5)20-36-29)17-35-34(31)38-33(32)24-10-12-26(13-11-24)41-15-14-40(6)22(3)18-41;;/h7-13,16-17,19-20,22H,1,14-15,18H2,2-6H3,(H,35,38)(H,37,42);2*1H/t22-;;/m1../s1. The molecular formula is C34H41N7O. The van der Waals surface area contributed by atoms with Gasteiger partial charge in [-0.15, -0.1) is 0 Å². The number of likely N-dealkylation sites (N-methyl/N-ethyl adjacent to an activating group) is 1. The van der Waals surface area contributed by atoms with Crippen LogP contribution in [-0.4, -0.2) is 63.0 Å². The van der Waals surface area contributed by atoms with Crippen LogP contribution in [0.4, 0.5) is 11.4 Å². The van der Waals surface area contributed by atoms with Gasteiger partial charge in [-0.05, 0) is 74.3 Å². The predicted octanol–water partition coefficient (Wildman–Crippen LogP) is 6.67. The Morgan fingerprint density at radius 3 is 2.55 bits per heavy atom. The Bertz CT molecular complexity index is 1810. The number of fused-ring (bicyclic) bond motifs is 1. The Balaban J connectivity index is 0.00000221. The minimum absolute atomic E-state index is 0. The molecule has 1 atom stereocenters. The van der Waals surface area contributed by atoms with Crippen molar-refractivity contribution in [2.75, 3.05) is 36.9 Å². The van der Waals surface area contributed by atoms with Gasteiger partial charge < -0.3 is 24.7 Å². The monoisotopic (exact) mass is 563 g/mol. The average molecular weight is 564 g/mol. The number of rotatable bonds is 6. The lowest BCUT2D eigenvalue weighted by atomic mass is 9.94. The van der Waals surface area contributed by atoms with E-state index in [0.717, 1.165) is 81.1 Å². The number of piperazine rings is 1. The number of H-pyrrole nitrogens is 1. The minimum atomic E-state index is -0.238. The van der Waals surface area contributed by atoms with E-state index in [4.69, 9.17) is 4.98 Å². The third kappa shape index (κ3) is 4.99. The number of pyridine rings is 1. The van der Waals surface area contributed by atoms with Crippen LogP contribution >= 0.6 is 0 Å². The number of carbonyl (C=O) groups excluding carboxylic acids is 1. The van der Waals surface area contributed by atoms with E-state index in [0.29, 0.717) is 6.04 Å². The van der Waals surface area contributed by atoms with Crippen molar-refractivity contribution in [1.82, 2.24) is 24.4 Å². The number of nitrogens with zero attached hydrogens (tertiary/aromatic N) is 5. The highest BCUT2D eigenvalue weighted by atomic mass is 16.1. The molecule has 8 heteroatoms. The zero-order valence-corrected chi connectivity index (χ0v) is 24.9. The molecule has 1 aliphatic rings. The van der Waals surface area contributed by atoms with Gasteiger partial charge in [-0.25, -0.2) is 9.97 Å². The second-order valence-electron chi connectivity index (χ2n) is 11.4. The maximum Gasteiger partial charge on any atom is 0.247 e. The maximum absolute atomic E-state index is 12.2. The van der Waals surface area contributed by atoms with E-state index in [2.05, 4.69) is 82.9 Å². The van der Waals surface area contributed by atoms with Crippen molar-refractivity contribution in [3.8, 4) is 33.6 Å². The number of benzene rings is 2. The predicted molar refractivity (Wildman–Crippen MR) is 176 cm³/mol. The molecule has 1 aliphatic heterocycles. The van der Waals surface area contributed by atoms with Crippen LogP contribution in [0.1, 0.15) is 20.9 Å². The van der Waals surface area contributed by atoms with Gasteiger partial charge in [-0.3, -0.25) is 4.79 Å². The Morgan fingerprint density at radius 1 is 1.10 bits per heavy atom. The van der Waals surface area contributed by atoms with Crippen molar-refractivity contribution in [2.45, 2.75) is 26.8 Å². The molecule has 1 saturated heterocycles. The number of anilines is 2. The molecule has 218 valence electrons. The molecule has 0 unspecified atom stereocenters. The van der Waals surface area contributed by atoms with Crippen LogP contribution in [-0.2, 0) is 11.8 Å². The summed E-state index contributed by atoms with van der Waals surface area (Å²) in [6.07, 6.45) is 7.00. The van der Waals surface area contributed by atoms with E-state index in [1.165, 1.54) is 11.8 Å². The molecule has 4 heterocycles. The summed E-state index contributed by atoms with van der Waals surface area (Å²) in [6, 6.07) is 15.5. The summed E-state index contributed by atoms with van der Waals surface area (Å²) in [5, 5.41) is 4.01. The fourth-order valence-electron chi connectivity index (χ4n) is 5.84. The van der Waals surface area contributed by atoms with Gasteiger partial charge in [0.2, 0.25) is 5.91 Å². The highest BCUT2D eigenvalue weighted by Crippen LogP contribution is 2.42. The first-order valence-electron chi connectivity index (χ1n) is 14.3. The van der Waals surface area contributed by atoms with Crippen molar-refractivity contribution < 1.29 is 7.65 Å². The van der Waals surface area contributed by atoms with E-state index < -0.39 is 0 Å². The molecule has 5 aromatic rings. The van der Waals surface area contributed by atoms with Crippen LogP contribution in [0.2, 0.25) is 0 Å². The highest BCUT2D eigenvalue weighted by Gasteiger charge is 2.23. The summed E-state index contributed by atoms with van der Waals surface area (Å²) in [7, 11) is 4.16. The molecule has 8 nitrogen and oxygen atoms in total. The number of aryl methyl sites for hydroxylation is 3. The molecule has 42 heavy (non-hydrogen) atoms. The van der Waals surface area contributed by atoms with Crippen molar-refractivity contribution in [2.24, 2.45) is 7.05 Å². The van der Waals surface area contributed by atoms with Gasteiger partial charge in [0.1, 0.15) is 5.65 Å². The molecule has 6 rings (SSSR count). The van der Waals surface area contributed by atoms with Gasteiger partial charge in [-0.2, -0.15) is 0 Å². The number of imidazole rings is 1. The number of hydrogen-bond acceptors (Lipinski definition) is 5. The second-order valence-corrected chi connectivity index (χ2v) is 11.4. The molecule has 1 amide bonds. The number of nitrogens with one attached hydrogen (secondary N) is 2. The number of hydrogen-bond donors (Lipinski definition) is 2. The van der Waals surface area contributed by atoms with Gasteiger partial charge in [0.15, 0.2) is 0 Å². The molecule has 0 radical (unpaired) electrons. The lowest BCUT2D eigenvalue weighted by Crippen LogP contribution is -2.50. The maximum atomic E-state index is 12.2. The topological polar surface area (TPSA) is 82.1 Å². The molecule has 0 spiro atoms. The summed E-state index contributed by atoms with van der Waals surface area (Å²) >= 11 is 0. The Labute approximate surface area is 249 Å². The van der Waals surface area contributed by atoms with E-state index >= 15 is 0 Å². The fourth-order valence-corrected chi connectivity index (χ4v) is 5.84. The summed E-state index contributed by atoms with van der Waals surface area (Å²) in [5.74, 6) is -0.238. The van der Waals surface area contributed by atoms with Crippen molar-refractivity contribution in [3.63, 3.8) is 0 Å². The number of aromatic nitrogens is 4. The lowest BCUT2D eigenvalue weighted by Gasteiger charge is -2.39. The summed E-state index contributed by atoms with van der Waals surface area (Å²) < 4.78 is 1.94. The Hall–Kier alpha value is -4.69.